The molecule has 0 saturated carbocycles. The van der Waals surface area contributed by atoms with Crippen molar-refractivity contribution in [2.24, 2.45) is 0 Å². The minimum Gasteiger partial charge on any atom is -0.343 e. The van der Waals surface area contributed by atoms with E-state index in [1.54, 1.807) is 22.9 Å². The number of benzene rings is 2. The SMILES string of the molecule is Cc1c[c-]n(-c2cccc(C3(c4cccc(-n5cc(C(F)(F)F)cn5)n4)c4ccccc4-c4ccccc43)n2)n1.[Pt]. The van der Waals surface area contributed by atoms with E-state index in [1.165, 1.54) is 0 Å². The zero-order chi connectivity index (χ0) is 27.5. The first kappa shape index (κ1) is 26.8. The molecule has 7 rings (SSSR count). The molecule has 0 radical (unpaired) electrons. The van der Waals surface area contributed by atoms with Gasteiger partial charge in [-0.15, -0.1) is 6.07 Å². The second-order valence-electron chi connectivity index (χ2n) is 9.60. The van der Waals surface area contributed by atoms with Crippen molar-refractivity contribution in [3.05, 3.63) is 143 Å². The number of hydrogen-bond donors (Lipinski definition) is 0. The van der Waals surface area contributed by atoms with E-state index in [2.05, 4.69) is 40.7 Å². The van der Waals surface area contributed by atoms with E-state index in [1.807, 2.05) is 55.5 Å². The van der Waals surface area contributed by atoms with Crippen LogP contribution < -0.4 is 0 Å². The van der Waals surface area contributed by atoms with Crippen molar-refractivity contribution in [3.63, 3.8) is 0 Å². The first-order chi connectivity index (χ1) is 19.4. The van der Waals surface area contributed by atoms with E-state index >= 15 is 0 Å². The molecule has 206 valence electrons. The summed E-state index contributed by atoms with van der Waals surface area (Å²) >= 11 is 0. The minimum absolute atomic E-state index is 0. The molecule has 4 heterocycles. The van der Waals surface area contributed by atoms with Gasteiger partial charge in [-0.25, -0.2) is 9.67 Å². The van der Waals surface area contributed by atoms with Gasteiger partial charge in [-0.05, 0) is 46.1 Å². The van der Waals surface area contributed by atoms with E-state index in [0.29, 0.717) is 17.2 Å². The molecule has 0 N–H and O–H groups in total. The second kappa shape index (κ2) is 9.92. The van der Waals surface area contributed by atoms with Crippen molar-refractivity contribution in [2.45, 2.75) is 18.5 Å². The number of rotatable bonds is 4. The van der Waals surface area contributed by atoms with Gasteiger partial charge in [-0.1, -0.05) is 79.9 Å². The number of alkyl halides is 3. The van der Waals surface area contributed by atoms with Crippen molar-refractivity contribution in [1.82, 2.24) is 29.5 Å². The summed E-state index contributed by atoms with van der Waals surface area (Å²) in [5.74, 6) is 0.853. The molecule has 0 spiro atoms. The van der Waals surface area contributed by atoms with Gasteiger partial charge in [0, 0.05) is 33.0 Å². The van der Waals surface area contributed by atoms with E-state index in [-0.39, 0.29) is 26.9 Å². The Bertz CT molecular complexity index is 1850. The topological polar surface area (TPSA) is 61.4 Å². The van der Waals surface area contributed by atoms with Gasteiger partial charge < -0.3 is 4.68 Å². The summed E-state index contributed by atoms with van der Waals surface area (Å²) in [5, 5.41) is 8.45. The molecule has 0 atom stereocenters. The van der Waals surface area contributed by atoms with Gasteiger partial charge in [0.05, 0.1) is 23.3 Å². The zero-order valence-electron chi connectivity index (χ0n) is 21.4. The molecule has 6 aromatic rings. The van der Waals surface area contributed by atoms with Crippen molar-refractivity contribution in [1.29, 1.82) is 0 Å². The maximum absolute atomic E-state index is 13.3. The Labute approximate surface area is 247 Å². The van der Waals surface area contributed by atoms with E-state index in [0.717, 1.165) is 45.0 Å². The zero-order valence-corrected chi connectivity index (χ0v) is 23.7. The van der Waals surface area contributed by atoms with Crippen LogP contribution in [0.1, 0.15) is 33.8 Å². The number of halogens is 3. The standard InChI is InChI=1S/C31H20F3N6.Pt/c1-20-16-17-39(38-20)28-14-6-12-26(36-28)30(24-10-4-2-8-22(24)23-9-3-5-11-25(23)30)27-13-7-15-29(37-27)40-19-21(18-35-40)31(32,33)34;/h2-16,18-19H,1H3;/q-1;. The number of hydrogen-bond acceptors (Lipinski definition) is 4. The maximum Gasteiger partial charge on any atom is 0.419 e. The smallest absolute Gasteiger partial charge is 0.343 e. The van der Waals surface area contributed by atoms with Gasteiger partial charge in [0.2, 0.25) is 0 Å². The second-order valence-corrected chi connectivity index (χ2v) is 9.60. The van der Waals surface area contributed by atoms with E-state index < -0.39 is 17.2 Å². The average Bonchev–Trinajstić information content (AvgIpc) is 3.70. The predicted octanol–water partition coefficient (Wildman–Crippen LogP) is 6.34. The van der Waals surface area contributed by atoms with Gasteiger partial charge in [0.15, 0.2) is 5.82 Å². The maximum atomic E-state index is 13.3. The molecule has 4 aromatic heterocycles. The number of nitrogens with zero attached hydrogens (tertiary/aromatic N) is 6. The quantitative estimate of drug-likeness (QED) is 0.199. The summed E-state index contributed by atoms with van der Waals surface area (Å²) in [6, 6.07) is 29.0. The molecule has 41 heavy (non-hydrogen) atoms. The summed E-state index contributed by atoms with van der Waals surface area (Å²) in [7, 11) is 0. The summed E-state index contributed by atoms with van der Waals surface area (Å²) in [4.78, 5) is 10.0. The molecule has 0 amide bonds. The van der Waals surface area contributed by atoms with Crippen LogP contribution in [0, 0.1) is 13.1 Å². The Morgan fingerprint density at radius 1 is 0.756 bits per heavy atom. The molecular formula is C31H20F3N6Pt-. The molecule has 0 fully saturated rings. The largest absolute Gasteiger partial charge is 0.419 e. The third-order valence-electron chi connectivity index (χ3n) is 7.20. The third kappa shape index (κ3) is 4.23. The van der Waals surface area contributed by atoms with Crippen LogP contribution in [0.5, 0.6) is 0 Å². The Hall–Kier alpha value is -4.36. The van der Waals surface area contributed by atoms with Crippen LogP contribution >= 0.6 is 0 Å². The summed E-state index contributed by atoms with van der Waals surface area (Å²) in [6.45, 7) is 1.89. The molecule has 0 bridgehead atoms. The van der Waals surface area contributed by atoms with E-state index in [9.17, 15) is 13.2 Å². The normalized spacial score (nSPS) is 13.4. The monoisotopic (exact) mass is 728 g/mol. The molecule has 1 aliphatic rings. The van der Waals surface area contributed by atoms with Gasteiger partial charge in [0.1, 0.15) is 5.41 Å². The fraction of sp³-hybridized carbons (Fsp3) is 0.0968. The molecule has 0 saturated heterocycles. The number of aryl methyl sites for hydroxylation is 1. The average molecular weight is 729 g/mol. The van der Waals surface area contributed by atoms with Crippen molar-refractivity contribution < 1.29 is 34.2 Å². The number of fused-ring (bicyclic) bond motifs is 3. The van der Waals surface area contributed by atoms with Crippen LogP contribution in [0.15, 0.2) is 103 Å². The fourth-order valence-corrected chi connectivity index (χ4v) is 5.51. The number of aromatic nitrogens is 6. The molecule has 10 heteroatoms. The van der Waals surface area contributed by atoms with Crippen LogP contribution in [-0.2, 0) is 32.7 Å². The molecule has 0 unspecified atom stereocenters. The Kier molecular flexibility index (Phi) is 6.50. The molecule has 0 aliphatic heterocycles. The number of pyridine rings is 2. The Morgan fingerprint density at radius 3 is 1.90 bits per heavy atom. The van der Waals surface area contributed by atoms with Crippen LogP contribution in [0.2, 0.25) is 0 Å². The van der Waals surface area contributed by atoms with Gasteiger partial charge in [0.25, 0.3) is 0 Å². The first-order valence-electron chi connectivity index (χ1n) is 12.6. The van der Waals surface area contributed by atoms with Gasteiger partial charge in [-0.3, -0.25) is 10.1 Å². The van der Waals surface area contributed by atoms with Crippen LogP contribution in [0.25, 0.3) is 22.8 Å². The fourth-order valence-electron chi connectivity index (χ4n) is 5.51. The van der Waals surface area contributed by atoms with Gasteiger partial charge in [-0.2, -0.15) is 18.3 Å². The van der Waals surface area contributed by atoms with Crippen molar-refractivity contribution >= 4 is 0 Å². The summed E-state index contributed by atoms with van der Waals surface area (Å²) in [6.07, 6.45) is 0.344. The summed E-state index contributed by atoms with van der Waals surface area (Å²) in [5.41, 5.74) is 4.35. The van der Waals surface area contributed by atoms with Crippen LogP contribution in [0.3, 0.4) is 0 Å². The summed E-state index contributed by atoms with van der Waals surface area (Å²) < 4.78 is 42.8. The third-order valence-corrected chi connectivity index (χ3v) is 7.20. The molecule has 1 aliphatic carbocycles. The molecule has 2 aromatic carbocycles. The van der Waals surface area contributed by atoms with Crippen molar-refractivity contribution in [3.8, 4) is 22.8 Å². The van der Waals surface area contributed by atoms with Crippen LogP contribution in [0.4, 0.5) is 13.2 Å². The Morgan fingerprint density at radius 2 is 1.34 bits per heavy atom. The predicted molar refractivity (Wildman–Crippen MR) is 142 cm³/mol. The van der Waals surface area contributed by atoms with Crippen molar-refractivity contribution in [2.75, 3.05) is 0 Å². The van der Waals surface area contributed by atoms with E-state index in [4.69, 9.17) is 9.97 Å². The van der Waals surface area contributed by atoms with Gasteiger partial charge >= 0.3 is 6.18 Å². The van der Waals surface area contributed by atoms with Crippen LogP contribution in [-0.4, -0.2) is 29.5 Å². The molecular weight excluding hydrogens is 708 g/mol. The Balaban J connectivity index is 0.00000302. The minimum atomic E-state index is -4.51. The first-order valence-corrected chi connectivity index (χ1v) is 12.6. The molecule has 6 nitrogen and oxygen atoms in total.